The van der Waals surface area contributed by atoms with Crippen LogP contribution in [0.1, 0.15) is 16.7 Å². The Hall–Kier alpha value is -3.21. The molecular weight excluding hydrogens is 329 g/mol. The molecule has 2 N–H and O–H groups in total. The average molecular weight is 349 g/mol. The van der Waals surface area contributed by atoms with Crippen LogP contribution in [0.2, 0.25) is 0 Å². The molecular formula is C21H20FN3O. The molecule has 1 aromatic heterocycles. The molecule has 132 valence electrons. The molecule has 0 unspecified atom stereocenters. The minimum Gasteiger partial charge on any atom is -0.340 e. The van der Waals surface area contributed by atoms with Gasteiger partial charge in [-0.05, 0) is 60.9 Å². The third-order valence-electron chi connectivity index (χ3n) is 4.14. The fourth-order valence-electron chi connectivity index (χ4n) is 2.53. The van der Waals surface area contributed by atoms with E-state index in [1.54, 1.807) is 36.5 Å². The standard InChI is InChI=1S/C21H20FN3O/c1-14-7-8-17(11-15(14)2)24-20-10-9-18(13-23-20)25-21(26)12-16-5-3-4-6-19(16)22/h3-11,13H,12H2,1-2H3,(H,23,24)(H,25,26). The average Bonchev–Trinajstić information content (AvgIpc) is 2.62. The number of hydrogen-bond acceptors (Lipinski definition) is 3. The molecule has 1 heterocycles. The Morgan fingerprint density at radius 2 is 1.77 bits per heavy atom. The minimum atomic E-state index is -0.381. The van der Waals surface area contributed by atoms with Gasteiger partial charge < -0.3 is 10.6 Å². The zero-order valence-electron chi connectivity index (χ0n) is 14.7. The van der Waals surface area contributed by atoms with E-state index in [2.05, 4.69) is 41.6 Å². The summed E-state index contributed by atoms with van der Waals surface area (Å²) in [5.41, 5.74) is 4.32. The maximum absolute atomic E-state index is 13.6. The lowest BCUT2D eigenvalue weighted by Crippen LogP contribution is -2.15. The lowest BCUT2D eigenvalue weighted by molar-refractivity contribution is -0.115. The van der Waals surface area contributed by atoms with Crippen molar-refractivity contribution in [3.8, 4) is 0 Å². The molecule has 0 saturated carbocycles. The topological polar surface area (TPSA) is 54.0 Å². The van der Waals surface area contributed by atoms with Crippen LogP contribution in [0.25, 0.3) is 0 Å². The van der Waals surface area contributed by atoms with Crippen LogP contribution < -0.4 is 10.6 Å². The molecule has 26 heavy (non-hydrogen) atoms. The third-order valence-corrected chi connectivity index (χ3v) is 4.14. The lowest BCUT2D eigenvalue weighted by Gasteiger charge is -2.09. The second-order valence-corrected chi connectivity index (χ2v) is 6.17. The van der Waals surface area contributed by atoms with Gasteiger partial charge in [0.1, 0.15) is 11.6 Å². The number of anilines is 3. The quantitative estimate of drug-likeness (QED) is 0.698. The highest BCUT2D eigenvalue weighted by Gasteiger charge is 2.08. The highest BCUT2D eigenvalue weighted by Crippen LogP contribution is 2.19. The molecule has 4 nitrogen and oxygen atoms in total. The van der Waals surface area contributed by atoms with Gasteiger partial charge in [-0.1, -0.05) is 24.3 Å². The first-order chi connectivity index (χ1) is 12.5. The predicted molar refractivity (Wildman–Crippen MR) is 102 cm³/mol. The van der Waals surface area contributed by atoms with Gasteiger partial charge in [-0.2, -0.15) is 0 Å². The zero-order chi connectivity index (χ0) is 18.5. The number of halogens is 1. The largest absolute Gasteiger partial charge is 0.340 e. The van der Waals surface area contributed by atoms with Crippen molar-refractivity contribution in [1.29, 1.82) is 0 Å². The van der Waals surface area contributed by atoms with Crippen LogP contribution in [0, 0.1) is 19.7 Å². The first kappa shape index (κ1) is 17.6. The summed E-state index contributed by atoms with van der Waals surface area (Å²) >= 11 is 0. The maximum atomic E-state index is 13.6. The molecule has 3 rings (SSSR count). The van der Waals surface area contributed by atoms with Gasteiger partial charge in [-0.25, -0.2) is 9.37 Å². The molecule has 0 fully saturated rings. The summed E-state index contributed by atoms with van der Waals surface area (Å²) in [7, 11) is 0. The van der Waals surface area contributed by atoms with Gasteiger partial charge in [-0.15, -0.1) is 0 Å². The Morgan fingerprint density at radius 3 is 2.46 bits per heavy atom. The van der Waals surface area contributed by atoms with Crippen LogP contribution in [0.4, 0.5) is 21.6 Å². The van der Waals surface area contributed by atoms with Crippen LogP contribution >= 0.6 is 0 Å². The van der Waals surface area contributed by atoms with E-state index in [1.807, 2.05) is 6.07 Å². The molecule has 0 atom stereocenters. The van der Waals surface area contributed by atoms with Gasteiger partial charge >= 0.3 is 0 Å². The first-order valence-corrected chi connectivity index (χ1v) is 8.35. The van der Waals surface area contributed by atoms with Crippen molar-refractivity contribution in [2.75, 3.05) is 10.6 Å². The zero-order valence-corrected chi connectivity index (χ0v) is 14.7. The minimum absolute atomic E-state index is 0.0185. The van der Waals surface area contributed by atoms with E-state index in [0.29, 0.717) is 17.1 Å². The Balaban J connectivity index is 1.61. The van der Waals surface area contributed by atoms with E-state index in [4.69, 9.17) is 0 Å². The second kappa shape index (κ2) is 7.78. The smallest absolute Gasteiger partial charge is 0.228 e. The number of aryl methyl sites for hydroxylation is 2. The molecule has 0 aliphatic rings. The number of nitrogens with one attached hydrogen (secondary N) is 2. The van der Waals surface area contributed by atoms with Gasteiger partial charge in [0.05, 0.1) is 18.3 Å². The number of carbonyl (C=O) groups excluding carboxylic acids is 1. The molecule has 0 spiro atoms. The summed E-state index contributed by atoms with van der Waals surface area (Å²) in [5.74, 6) is 0.0147. The van der Waals surface area contributed by atoms with E-state index < -0.39 is 0 Å². The number of aromatic nitrogens is 1. The third kappa shape index (κ3) is 4.45. The van der Waals surface area contributed by atoms with Gasteiger partial charge in [0.25, 0.3) is 0 Å². The van der Waals surface area contributed by atoms with Crippen molar-refractivity contribution >= 4 is 23.1 Å². The Morgan fingerprint density at radius 1 is 1.00 bits per heavy atom. The van der Waals surface area contributed by atoms with Gasteiger partial charge in [0, 0.05) is 5.69 Å². The van der Waals surface area contributed by atoms with Crippen LogP contribution in [-0.2, 0) is 11.2 Å². The van der Waals surface area contributed by atoms with E-state index in [1.165, 1.54) is 17.2 Å². The van der Waals surface area contributed by atoms with Gasteiger partial charge in [0.15, 0.2) is 0 Å². The summed E-state index contributed by atoms with van der Waals surface area (Å²) in [4.78, 5) is 16.4. The van der Waals surface area contributed by atoms with E-state index >= 15 is 0 Å². The van der Waals surface area contributed by atoms with E-state index in [9.17, 15) is 9.18 Å². The number of hydrogen-bond donors (Lipinski definition) is 2. The number of amides is 1. The van der Waals surface area contributed by atoms with Crippen LogP contribution in [-0.4, -0.2) is 10.9 Å². The highest BCUT2D eigenvalue weighted by molar-refractivity contribution is 5.92. The molecule has 0 bridgehead atoms. The molecule has 0 saturated heterocycles. The predicted octanol–water partition coefficient (Wildman–Crippen LogP) is 4.76. The molecule has 2 aromatic carbocycles. The summed E-state index contributed by atoms with van der Waals surface area (Å²) in [6.45, 7) is 4.12. The lowest BCUT2D eigenvalue weighted by atomic mass is 10.1. The van der Waals surface area contributed by atoms with Crippen molar-refractivity contribution in [2.45, 2.75) is 20.3 Å². The molecule has 0 aliphatic heterocycles. The fraction of sp³-hybridized carbons (Fsp3) is 0.143. The molecule has 3 aromatic rings. The van der Waals surface area contributed by atoms with Crippen LogP contribution in [0.15, 0.2) is 60.8 Å². The van der Waals surface area contributed by atoms with Crippen molar-refractivity contribution in [2.24, 2.45) is 0 Å². The fourth-order valence-corrected chi connectivity index (χ4v) is 2.53. The Labute approximate surface area is 152 Å². The van der Waals surface area contributed by atoms with Gasteiger partial charge in [-0.3, -0.25) is 4.79 Å². The summed E-state index contributed by atoms with van der Waals surface area (Å²) in [6, 6.07) is 15.9. The maximum Gasteiger partial charge on any atom is 0.228 e. The number of nitrogens with zero attached hydrogens (tertiary/aromatic N) is 1. The second-order valence-electron chi connectivity index (χ2n) is 6.17. The van der Waals surface area contributed by atoms with Crippen molar-refractivity contribution in [3.05, 3.63) is 83.3 Å². The van der Waals surface area contributed by atoms with E-state index in [0.717, 1.165) is 5.69 Å². The number of rotatable bonds is 5. The summed E-state index contributed by atoms with van der Waals surface area (Å²) in [6.07, 6.45) is 1.55. The van der Waals surface area contributed by atoms with Crippen LogP contribution in [0.3, 0.4) is 0 Å². The normalized spacial score (nSPS) is 10.4. The van der Waals surface area contributed by atoms with Crippen molar-refractivity contribution in [3.63, 3.8) is 0 Å². The Kier molecular flexibility index (Phi) is 5.27. The van der Waals surface area contributed by atoms with Crippen molar-refractivity contribution in [1.82, 2.24) is 4.98 Å². The molecule has 5 heteroatoms. The molecule has 1 amide bonds. The SMILES string of the molecule is Cc1ccc(Nc2ccc(NC(=O)Cc3ccccc3F)cn2)cc1C. The number of benzene rings is 2. The van der Waals surface area contributed by atoms with E-state index in [-0.39, 0.29) is 18.1 Å². The highest BCUT2D eigenvalue weighted by atomic mass is 19.1. The molecule has 0 radical (unpaired) electrons. The Bertz CT molecular complexity index is 923. The number of carbonyl (C=O) groups is 1. The summed E-state index contributed by atoms with van der Waals surface area (Å²) < 4.78 is 13.6. The van der Waals surface area contributed by atoms with Crippen molar-refractivity contribution < 1.29 is 9.18 Å². The van der Waals surface area contributed by atoms with Gasteiger partial charge in [0.2, 0.25) is 5.91 Å². The molecule has 0 aliphatic carbocycles. The first-order valence-electron chi connectivity index (χ1n) is 8.35. The van der Waals surface area contributed by atoms with Crippen LogP contribution in [0.5, 0.6) is 0 Å². The number of pyridine rings is 1. The summed E-state index contributed by atoms with van der Waals surface area (Å²) in [5, 5.41) is 5.96. The monoisotopic (exact) mass is 349 g/mol.